The summed E-state index contributed by atoms with van der Waals surface area (Å²) in [6, 6.07) is 16.2. The first-order valence-corrected chi connectivity index (χ1v) is 25.0. The van der Waals surface area contributed by atoms with Crippen molar-refractivity contribution in [1.82, 2.24) is 35.3 Å². The number of nitrogens with zero attached hydrogens (tertiary/aromatic N) is 6. The number of aromatic nitrogens is 4. The van der Waals surface area contributed by atoms with Crippen LogP contribution in [0.25, 0.3) is 32.8 Å². The second-order valence-corrected chi connectivity index (χ2v) is 19.5. The Morgan fingerprint density at radius 1 is 0.845 bits per heavy atom. The van der Waals surface area contributed by atoms with Crippen molar-refractivity contribution in [2.24, 2.45) is 10.6 Å². The Balaban J connectivity index is 0.714. The van der Waals surface area contributed by atoms with Crippen molar-refractivity contribution in [3.63, 3.8) is 0 Å². The fourth-order valence-electron chi connectivity index (χ4n) is 8.57. The second kappa shape index (κ2) is 26.0. The number of rotatable bonds is 26. The van der Waals surface area contributed by atoms with Crippen LogP contribution in [0.3, 0.4) is 0 Å². The highest BCUT2D eigenvalue weighted by molar-refractivity contribution is 7.13. The topological polar surface area (TPSA) is 221 Å². The molecule has 18 nitrogen and oxygen atoms in total. The van der Waals surface area contributed by atoms with Crippen molar-refractivity contribution >= 4 is 34.8 Å². The molecule has 5 aromatic rings. The zero-order valence-electron chi connectivity index (χ0n) is 41.0. The second-order valence-electron chi connectivity index (χ2n) is 18.6. The van der Waals surface area contributed by atoms with Crippen LogP contribution in [0.5, 0.6) is 0 Å². The van der Waals surface area contributed by atoms with E-state index in [2.05, 4.69) is 44.1 Å². The number of hydrogen-bond acceptors (Lipinski definition) is 15. The Labute approximate surface area is 418 Å². The highest BCUT2D eigenvalue weighted by Gasteiger charge is 2.44. The number of β-amino-alcohol motifs (C(OH)–C–C–N with tert-alkyl or cyclic N) is 1. The number of ether oxygens (including phenoxy) is 5. The van der Waals surface area contributed by atoms with Gasteiger partial charge < -0.3 is 49.5 Å². The SMILES string of the molecule is Cc1ncsc1-c1ccc(CNC(=O)[C@@H]2C[C@@H](O)CN2C(=O)[C@@H](NC(=O)COCCOCCOCCOCCOCCCn2cc(-c3ccc4c(c3)CC/C4=N\O)c(-c3ccncc3)n2)C(C)(C)C)cc1. The summed E-state index contributed by atoms with van der Waals surface area (Å²) in [6.45, 7) is 11.5. The fraction of sp³-hybridized carbons (Fsp3) is 0.481. The summed E-state index contributed by atoms with van der Waals surface area (Å²) in [6.07, 6.45) is 7.18. The number of fused-ring (bicyclic) bond motifs is 1. The number of aliphatic hydroxyl groups excluding tert-OH is 1. The van der Waals surface area contributed by atoms with Gasteiger partial charge in [0.1, 0.15) is 24.4 Å². The van der Waals surface area contributed by atoms with Crippen molar-refractivity contribution < 1.29 is 48.4 Å². The number of oxime groups is 1. The first kappa shape index (κ1) is 52.9. The number of pyridine rings is 1. The highest BCUT2D eigenvalue weighted by atomic mass is 32.1. The Hall–Kier alpha value is -5.93. The molecule has 1 aliphatic carbocycles. The maximum atomic E-state index is 13.9. The van der Waals surface area contributed by atoms with Crippen LogP contribution in [-0.4, -0.2) is 149 Å². The first-order valence-electron chi connectivity index (χ1n) is 24.2. The van der Waals surface area contributed by atoms with Crippen molar-refractivity contribution in [3.8, 4) is 32.8 Å². The Bertz CT molecular complexity index is 2540. The predicted octanol–water partition coefficient (Wildman–Crippen LogP) is 5.45. The van der Waals surface area contributed by atoms with E-state index >= 15 is 0 Å². The molecule has 3 amide bonds. The van der Waals surface area contributed by atoms with Crippen molar-refractivity contribution in [3.05, 3.63) is 101 Å². The lowest BCUT2D eigenvalue weighted by Gasteiger charge is -2.35. The van der Waals surface area contributed by atoms with Gasteiger partial charge in [0.2, 0.25) is 17.7 Å². The minimum absolute atomic E-state index is 0.0154. The summed E-state index contributed by atoms with van der Waals surface area (Å²) in [5.74, 6) is -1.29. The van der Waals surface area contributed by atoms with Gasteiger partial charge in [0.15, 0.2) is 0 Å². The molecule has 380 valence electrons. The average Bonchev–Trinajstić information content (AvgIpc) is 4.19. The standard InChI is InChI=1S/C52H66N8O10S/c1-35-48(71-34-55-35)38-8-6-36(7-9-38)30-54-50(63)45-29-41(61)31-60(45)51(64)49(52(2,3)4)56-46(62)33-70-27-26-69-25-24-68-23-22-67-21-20-66-19-5-18-59-32-43(47(57-59)37-14-16-53-17-15-37)40-10-12-42-39(28-40)11-13-44(42)58-65/h6-10,12,14-17,28,32,34,41,45,49,61,65H,5,11,13,18-27,29-31,33H2,1-4H3,(H,54,63)(H,56,62)/b58-44+/t41-,45+,49-/m1/s1. The smallest absolute Gasteiger partial charge is 0.246 e. The van der Waals surface area contributed by atoms with Crippen LogP contribution in [0, 0.1) is 12.3 Å². The molecule has 0 spiro atoms. The van der Waals surface area contributed by atoms with E-state index in [1.165, 1.54) is 10.5 Å². The monoisotopic (exact) mass is 994 g/mol. The molecular formula is C52H66N8O10S. The summed E-state index contributed by atoms with van der Waals surface area (Å²) >= 11 is 1.57. The summed E-state index contributed by atoms with van der Waals surface area (Å²) in [7, 11) is 0. The first-order chi connectivity index (χ1) is 34.4. The zero-order valence-corrected chi connectivity index (χ0v) is 41.8. The van der Waals surface area contributed by atoms with E-state index in [4.69, 9.17) is 28.8 Å². The van der Waals surface area contributed by atoms with Crippen molar-refractivity contribution in [2.75, 3.05) is 72.6 Å². The molecule has 0 unspecified atom stereocenters. The molecule has 1 fully saturated rings. The molecule has 2 aliphatic rings. The highest BCUT2D eigenvalue weighted by Crippen LogP contribution is 2.35. The molecule has 19 heteroatoms. The van der Waals surface area contributed by atoms with Crippen LogP contribution in [0.15, 0.2) is 83.9 Å². The molecule has 2 aromatic carbocycles. The lowest BCUT2D eigenvalue weighted by molar-refractivity contribution is -0.144. The lowest BCUT2D eigenvalue weighted by atomic mass is 9.85. The molecular weight excluding hydrogens is 929 g/mol. The number of benzene rings is 2. The van der Waals surface area contributed by atoms with Crippen LogP contribution in [0.1, 0.15) is 62.4 Å². The Kier molecular flexibility index (Phi) is 19.3. The zero-order chi connectivity index (χ0) is 50.2. The Morgan fingerprint density at radius 2 is 1.51 bits per heavy atom. The number of amides is 3. The molecule has 0 radical (unpaired) electrons. The summed E-state index contributed by atoms with van der Waals surface area (Å²) < 4.78 is 30.1. The van der Waals surface area contributed by atoms with Crippen molar-refractivity contribution in [2.45, 2.75) is 84.7 Å². The molecule has 3 aromatic heterocycles. The fourth-order valence-corrected chi connectivity index (χ4v) is 9.38. The van der Waals surface area contributed by atoms with E-state index in [0.29, 0.717) is 52.8 Å². The van der Waals surface area contributed by atoms with E-state index in [9.17, 15) is 24.7 Å². The third kappa shape index (κ3) is 14.8. The molecule has 4 N–H and O–H groups in total. The van der Waals surface area contributed by atoms with E-state index in [-0.39, 0.29) is 45.2 Å². The van der Waals surface area contributed by atoms with Gasteiger partial charge in [0.25, 0.3) is 0 Å². The van der Waals surface area contributed by atoms with Gasteiger partial charge in [0, 0.05) is 67.9 Å². The lowest BCUT2D eigenvalue weighted by Crippen LogP contribution is -2.58. The van der Waals surface area contributed by atoms with Crippen LogP contribution in [0.4, 0.5) is 0 Å². The van der Waals surface area contributed by atoms with Crippen LogP contribution < -0.4 is 10.6 Å². The van der Waals surface area contributed by atoms with Gasteiger partial charge in [-0.2, -0.15) is 5.10 Å². The third-order valence-electron chi connectivity index (χ3n) is 12.3. The number of hydrogen-bond donors (Lipinski definition) is 4. The minimum atomic E-state index is -0.963. The van der Waals surface area contributed by atoms with Crippen molar-refractivity contribution in [1.29, 1.82) is 0 Å². The van der Waals surface area contributed by atoms with Gasteiger partial charge in [-0.1, -0.05) is 68.4 Å². The molecule has 1 saturated heterocycles. The summed E-state index contributed by atoms with van der Waals surface area (Å²) in [5, 5.41) is 34.0. The number of aryl methyl sites for hydroxylation is 3. The molecule has 4 heterocycles. The van der Waals surface area contributed by atoms with E-state index in [0.717, 1.165) is 74.6 Å². The predicted molar refractivity (Wildman–Crippen MR) is 268 cm³/mol. The summed E-state index contributed by atoms with van der Waals surface area (Å²) in [4.78, 5) is 51.3. The van der Waals surface area contributed by atoms with E-state index in [1.807, 2.05) is 80.4 Å². The normalized spacial score (nSPS) is 16.6. The molecule has 0 saturated carbocycles. The van der Waals surface area contributed by atoms with Gasteiger partial charge in [0.05, 0.1) is 80.8 Å². The van der Waals surface area contributed by atoms with Crippen LogP contribution in [0.2, 0.25) is 0 Å². The van der Waals surface area contributed by atoms with Crippen LogP contribution in [-0.2, 0) is 57.6 Å². The van der Waals surface area contributed by atoms with Gasteiger partial charge in [-0.3, -0.25) is 24.0 Å². The van der Waals surface area contributed by atoms with Gasteiger partial charge in [-0.15, -0.1) is 11.3 Å². The minimum Gasteiger partial charge on any atom is -0.411 e. The quantitative estimate of drug-likeness (QED) is 0.0308. The maximum absolute atomic E-state index is 13.9. The van der Waals surface area contributed by atoms with Gasteiger partial charge in [-0.05, 0) is 66.0 Å². The molecule has 0 bridgehead atoms. The average molecular weight is 995 g/mol. The molecule has 1 aliphatic heterocycles. The van der Waals surface area contributed by atoms with E-state index in [1.54, 1.807) is 23.7 Å². The maximum Gasteiger partial charge on any atom is 0.246 e. The number of likely N-dealkylation sites (tertiary alicyclic amines) is 1. The number of aliphatic hydroxyl groups is 1. The number of carbonyl (C=O) groups is 3. The van der Waals surface area contributed by atoms with Gasteiger partial charge in [-0.25, -0.2) is 4.98 Å². The summed E-state index contributed by atoms with van der Waals surface area (Å²) in [5.41, 5.74) is 10.9. The van der Waals surface area contributed by atoms with E-state index < -0.39 is 35.4 Å². The molecule has 7 rings (SSSR count). The molecule has 3 atom stereocenters. The number of carbonyl (C=O) groups excluding carboxylic acids is 3. The number of nitrogens with one attached hydrogen (secondary N) is 2. The molecule has 71 heavy (non-hydrogen) atoms. The number of thiazole rings is 1. The third-order valence-corrected chi connectivity index (χ3v) is 13.3. The largest absolute Gasteiger partial charge is 0.411 e. The Morgan fingerprint density at radius 3 is 2.15 bits per heavy atom. The van der Waals surface area contributed by atoms with Crippen LogP contribution >= 0.6 is 11.3 Å². The van der Waals surface area contributed by atoms with Gasteiger partial charge >= 0.3 is 0 Å².